The van der Waals surface area contributed by atoms with Crippen LogP contribution in [0.15, 0.2) is 12.4 Å². The Labute approximate surface area is 95.3 Å². The predicted molar refractivity (Wildman–Crippen MR) is 61.4 cm³/mol. The number of carbonyl (C=O) groups is 1. The molecule has 16 heavy (non-hydrogen) atoms. The SMILES string of the molecule is CCCCCNc1nccnc1C(=O)OC. The normalized spacial score (nSPS) is 9.88. The van der Waals surface area contributed by atoms with Crippen molar-refractivity contribution in [2.75, 3.05) is 19.0 Å². The average Bonchev–Trinajstić information content (AvgIpc) is 2.34. The largest absolute Gasteiger partial charge is 0.464 e. The number of nitrogens with zero attached hydrogens (tertiary/aromatic N) is 2. The van der Waals surface area contributed by atoms with Crippen molar-refractivity contribution in [2.24, 2.45) is 0 Å². The molecule has 0 radical (unpaired) electrons. The van der Waals surface area contributed by atoms with Crippen LogP contribution in [0.3, 0.4) is 0 Å². The van der Waals surface area contributed by atoms with Gasteiger partial charge in [0, 0.05) is 18.9 Å². The number of hydrogen-bond acceptors (Lipinski definition) is 5. The van der Waals surface area contributed by atoms with Gasteiger partial charge in [0.05, 0.1) is 7.11 Å². The zero-order chi connectivity index (χ0) is 11.8. The number of hydrogen-bond donors (Lipinski definition) is 1. The summed E-state index contributed by atoms with van der Waals surface area (Å²) in [7, 11) is 1.33. The molecule has 0 spiro atoms. The van der Waals surface area contributed by atoms with Gasteiger partial charge in [-0.2, -0.15) is 0 Å². The summed E-state index contributed by atoms with van der Waals surface area (Å²) in [4.78, 5) is 19.4. The first-order valence-electron chi connectivity index (χ1n) is 5.42. The van der Waals surface area contributed by atoms with E-state index in [1.54, 1.807) is 6.20 Å². The second kappa shape index (κ2) is 6.76. The number of aromatic nitrogens is 2. The molecule has 88 valence electrons. The van der Waals surface area contributed by atoms with Crippen molar-refractivity contribution in [1.82, 2.24) is 9.97 Å². The van der Waals surface area contributed by atoms with Crippen molar-refractivity contribution in [3.8, 4) is 0 Å². The fourth-order valence-corrected chi connectivity index (χ4v) is 1.30. The van der Waals surface area contributed by atoms with Crippen LogP contribution in [0, 0.1) is 0 Å². The van der Waals surface area contributed by atoms with Crippen LogP contribution >= 0.6 is 0 Å². The van der Waals surface area contributed by atoms with E-state index in [0.717, 1.165) is 25.8 Å². The summed E-state index contributed by atoms with van der Waals surface area (Å²) in [6.07, 6.45) is 6.39. The molecule has 0 atom stereocenters. The van der Waals surface area contributed by atoms with Gasteiger partial charge in [0.1, 0.15) is 0 Å². The van der Waals surface area contributed by atoms with E-state index in [1.165, 1.54) is 13.3 Å². The summed E-state index contributed by atoms with van der Waals surface area (Å²) in [5, 5.41) is 3.09. The van der Waals surface area contributed by atoms with E-state index in [4.69, 9.17) is 0 Å². The Hall–Kier alpha value is -1.65. The molecule has 0 aromatic carbocycles. The highest BCUT2D eigenvalue weighted by molar-refractivity contribution is 5.92. The Morgan fingerprint density at radius 2 is 2.12 bits per heavy atom. The van der Waals surface area contributed by atoms with Crippen LogP contribution < -0.4 is 5.32 Å². The molecule has 0 aliphatic carbocycles. The third-order valence-electron chi connectivity index (χ3n) is 2.15. The summed E-state index contributed by atoms with van der Waals surface area (Å²) >= 11 is 0. The Bertz CT molecular complexity index is 342. The number of anilines is 1. The Kier molecular flexibility index (Phi) is 5.25. The molecule has 0 saturated carbocycles. The van der Waals surface area contributed by atoms with Gasteiger partial charge in [-0.15, -0.1) is 0 Å². The van der Waals surface area contributed by atoms with E-state index in [2.05, 4.69) is 26.9 Å². The van der Waals surface area contributed by atoms with Crippen molar-refractivity contribution in [2.45, 2.75) is 26.2 Å². The van der Waals surface area contributed by atoms with Crippen LogP contribution in [-0.4, -0.2) is 29.6 Å². The Morgan fingerprint density at radius 3 is 2.81 bits per heavy atom. The maximum absolute atomic E-state index is 11.4. The summed E-state index contributed by atoms with van der Waals surface area (Å²) < 4.78 is 4.62. The number of rotatable bonds is 6. The fourth-order valence-electron chi connectivity index (χ4n) is 1.30. The Morgan fingerprint density at radius 1 is 1.38 bits per heavy atom. The molecule has 5 heteroatoms. The molecule has 0 fully saturated rings. The lowest BCUT2D eigenvalue weighted by molar-refractivity contribution is 0.0595. The zero-order valence-corrected chi connectivity index (χ0v) is 9.69. The van der Waals surface area contributed by atoms with Gasteiger partial charge in [0.15, 0.2) is 11.5 Å². The first-order valence-corrected chi connectivity index (χ1v) is 5.42. The molecule has 1 heterocycles. The second-order valence-corrected chi connectivity index (χ2v) is 3.38. The van der Waals surface area contributed by atoms with Crippen LogP contribution in [0.25, 0.3) is 0 Å². The van der Waals surface area contributed by atoms with E-state index in [1.807, 2.05) is 0 Å². The minimum atomic E-state index is -0.467. The number of nitrogens with one attached hydrogen (secondary N) is 1. The zero-order valence-electron chi connectivity index (χ0n) is 9.69. The smallest absolute Gasteiger partial charge is 0.360 e. The highest BCUT2D eigenvalue weighted by Gasteiger charge is 2.13. The molecule has 0 aliphatic rings. The molecular weight excluding hydrogens is 206 g/mol. The predicted octanol–water partition coefficient (Wildman–Crippen LogP) is 1.87. The molecule has 0 unspecified atom stereocenters. The molecule has 0 amide bonds. The van der Waals surface area contributed by atoms with Gasteiger partial charge in [0.2, 0.25) is 0 Å². The average molecular weight is 223 g/mol. The molecule has 1 aromatic heterocycles. The first-order chi connectivity index (χ1) is 7.79. The molecular formula is C11H17N3O2. The molecule has 0 aliphatic heterocycles. The number of unbranched alkanes of at least 4 members (excludes halogenated alkanes) is 2. The van der Waals surface area contributed by atoms with Gasteiger partial charge in [-0.3, -0.25) is 0 Å². The summed E-state index contributed by atoms with van der Waals surface area (Å²) in [6.45, 7) is 2.93. The summed E-state index contributed by atoms with van der Waals surface area (Å²) in [5.41, 5.74) is 0.237. The van der Waals surface area contributed by atoms with Gasteiger partial charge in [-0.1, -0.05) is 19.8 Å². The maximum atomic E-state index is 11.4. The van der Waals surface area contributed by atoms with Gasteiger partial charge in [0.25, 0.3) is 0 Å². The van der Waals surface area contributed by atoms with Crippen LogP contribution in [0.1, 0.15) is 36.7 Å². The van der Waals surface area contributed by atoms with E-state index in [9.17, 15) is 4.79 Å². The minimum absolute atomic E-state index is 0.237. The van der Waals surface area contributed by atoms with E-state index in [0.29, 0.717) is 5.82 Å². The highest BCUT2D eigenvalue weighted by atomic mass is 16.5. The van der Waals surface area contributed by atoms with Gasteiger partial charge >= 0.3 is 5.97 Å². The van der Waals surface area contributed by atoms with E-state index < -0.39 is 5.97 Å². The van der Waals surface area contributed by atoms with Crippen LogP contribution in [-0.2, 0) is 4.74 Å². The summed E-state index contributed by atoms with van der Waals surface area (Å²) in [6, 6.07) is 0. The lowest BCUT2D eigenvalue weighted by atomic mass is 10.2. The third kappa shape index (κ3) is 3.49. The number of esters is 1. The van der Waals surface area contributed by atoms with Gasteiger partial charge in [-0.05, 0) is 6.42 Å². The van der Waals surface area contributed by atoms with Crippen molar-refractivity contribution >= 4 is 11.8 Å². The van der Waals surface area contributed by atoms with Crippen LogP contribution in [0.2, 0.25) is 0 Å². The van der Waals surface area contributed by atoms with E-state index >= 15 is 0 Å². The quantitative estimate of drug-likeness (QED) is 0.589. The molecule has 1 N–H and O–H groups in total. The fraction of sp³-hybridized carbons (Fsp3) is 0.545. The van der Waals surface area contributed by atoms with Crippen molar-refractivity contribution in [1.29, 1.82) is 0 Å². The van der Waals surface area contributed by atoms with Gasteiger partial charge in [-0.25, -0.2) is 14.8 Å². The molecule has 1 aromatic rings. The van der Waals surface area contributed by atoms with Crippen LogP contribution in [0.4, 0.5) is 5.82 Å². The molecule has 0 saturated heterocycles. The maximum Gasteiger partial charge on any atom is 0.360 e. The molecule has 0 bridgehead atoms. The van der Waals surface area contributed by atoms with Crippen molar-refractivity contribution in [3.63, 3.8) is 0 Å². The number of methoxy groups -OCH3 is 1. The monoisotopic (exact) mass is 223 g/mol. The molecule has 5 nitrogen and oxygen atoms in total. The summed E-state index contributed by atoms with van der Waals surface area (Å²) in [5.74, 6) is 0.0246. The lowest BCUT2D eigenvalue weighted by Gasteiger charge is -2.07. The van der Waals surface area contributed by atoms with Crippen molar-refractivity contribution < 1.29 is 9.53 Å². The highest BCUT2D eigenvalue weighted by Crippen LogP contribution is 2.09. The van der Waals surface area contributed by atoms with Crippen LogP contribution in [0.5, 0.6) is 0 Å². The third-order valence-corrected chi connectivity index (χ3v) is 2.15. The second-order valence-electron chi connectivity index (χ2n) is 3.38. The topological polar surface area (TPSA) is 64.1 Å². The first kappa shape index (κ1) is 12.4. The van der Waals surface area contributed by atoms with Crippen molar-refractivity contribution in [3.05, 3.63) is 18.1 Å². The standard InChI is InChI=1S/C11H17N3O2/c1-3-4-5-6-13-10-9(11(15)16-2)12-7-8-14-10/h7-8H,3-6H2,1-2H3,(H,13,14). The Balaban J connectivity index is 2.60. The van der Waals surface area contributed by atoms with E-state index in [-0.39, 0.29) is 5.69 Å². The number of carbonyl (C=O) groups excluding carboxylic acids is 1. The molecule has 1 rings (SSSR count). The number of ether oxygens (including phenoxy) is 1. The minimum Gasteiger partial charge on any atom is -0.464 e. The lowest BCUT2D eigenvalue weighted by Crippen LogP contribution is -2.12. The van der Waals surface area contributed by atoms with Gasteiger partial charge < -0.3 is 10.1 Å².